The monoisotopic (exact) mass is 312 g/mol. The second-order valence-corrected chi connectivity index (χ2v) is 5.94. The van der Waals surface area contributed by atoms with Gasteiger partial charge >= 0.3 is 0 Å². The number of halogens is 2. The maximum Gasteiger partial charge on any atom is 0.111 e. The van der Waals surface area contributed by atoms with E-state index in [2.05, 4.69) is 4.98 Å². The molecule has 0 spiro atoms. The van der Waals surface area contributed by atoms with Crippen molar-refractivity contribution in [1.29, 1.82) is 0 Å². The zero-order valence-corrected chi connectivity index (χ0v) is 13.1. The molecule has 108 valence electrons. The predicted octanol–water partition coefficient (Wildman–Crippen LogP) is 4.12. The Balaban J connectivity index is 2.45. The average Bonchev–Trinajstić information content (AvgIpc) is 2.90. The summed E-state index contributed by atoms with van der Waals surface area (Å²) in [6, 6.07) is 5.22. The SMILES string of the molecule is CCC(C)C(O)(Cn1ccnc1)c1ccc(Cl)cc1Cl. The van der Waals surface area contributed by atoms with Gasteiger partial charge in [0.15, 0.2) is 0 Å². The first-order valence-corrected chi connectivity index (χ1v) is 7.36. The van der Waals surface area contributed by atoms with E-state index in [0.29, 0.717) is 22.2 Å². The lowest BCUT2D eigenvalue weighted by atomic mass is 9.80. The summed E-state index contributed by atoms with van der Waals surface area (Å²) in [7, 11) is 0. The van der Waals surface area contributed by atoms with Gasteiger partial charge in [0, 0.05) is 28.0 Å². The van der Waals surface area contributed by atoms with E-state index in [1.807, 2.05) is 24.6 Å². The van der Waals surface area contributed by atoms with Gasteiger partial charge in [0.1, 0.15) is 5.60 Å². The number of benzene rings is 1. The smallest absolute Gasteiger partial charge is 0.111 e. The number of hydrogen-bond acceptors (Lipinski definition) is 2. The maximum atomic E-state index is 11.2. The molecule has 2 rings (SSSR count). The Morgan fingerprint density at radius 2 is 2.15 bits per heavy atom. The molecule has 1 aromatic heterocycles. The van der Waals surface area contributed by atoms with Crippen molar-refractivity contribution in [3.05, 3.63) is 52.5 Å². The first-order valence-electron chi connectivity index (χ1n) is 6.61. The fraction of sp³-hybridized carbons (Fsp3) is 0.400. The summed E-state index contributed by atoms with van der Waals surface area (Å²) in [6.07, 6.45) is 6.05. The minimum absolute atomic E-state index is 0.0450. The number of imidazole rings is 1. The van der Waals surface area contributed by atoms with Crippen molar-refractivity contribution in [2.45, 2.75) is 32.4 Å². The molecule has 5 heteroatoms. The molecule has 1 heterocycles. The Labute approximate surface area is 129 Å². The van der Waals surface area contributed by atoms with Crippen LogP contribution in [0.5, 0.6) is 0 Å². The van der Waals surface area contributed by atoms with Gasteiger partial charge in [-0.15, -0.1) is 0 Å². The lowest BCUT2D eigenvalue weighted by Gasteiger charge is -2.35. The molecule has 1 aromatic carbocycles. The van der Waals surface area contributed by atoms with Crippen LogP contribution in [-0.4, -0.2) is 14.7 Å². The molecule has 0 aliphatic rings. The molecule has 1 N–H and O–H groups in total. The average molecular weight is 313 g/mol. The van der Waals surface area contributed by atoms with Crippen molar-refractivity contribution in [3.8, 4) is 0 Å². The second-order valence-electron chi connectivity index (χ2n) is 5.09. The van der Waals surface area contributed by atoms with Gasteiger partial charge in [-0.25, -0.2) is 4.98 Å². The van der Waals surface area contributed by atoms with Gasteiger partial charge in [0.25, 0.3) is 0 Å². The molecule has 2 unspecified atom stereocenters. The van der Waals surface area contributed by atoms with E-state index in [4.69, 9.17) is 23.2 Å². The largest absolute Gasteiger partial charge is 0.383 e. The van der Waals surface area contributed by atoms with Crippen molar-refractivity contribution >= 4 is 23.2 Å². The van der Waals surface area contributed by atoms with Crippen LogP contribution in [0.3, 0.4) is 0 Å². The number of nitrogens with zero attached hydrogens (tertiary/aromatic N) is 2. The van der Waals surface area contributed by atoms with Crippen LogP contribution in [0.1, 0.15) is 25.8 Å². The molecule has 0 amide bonds. The minimum atomic E-state index is -1.06. The standard InChI is InChI=1S/C15H18Cl2N2O/c1-3-11(2)15(20,9-19-7-6-18-10-19)13-5-4-12(16)8-14(13)17/h4-8,10-11,20H,3,9H2,1-2H3. The molecule has 0 fully saturated rings. The van der Waals surface area contributed by atoms with Crippen LogP contribution in [0.4, 0.5) is 0 Å². The second kappa shape index (κ2) is 6.17. The highest BCUT2D eigenvalue weighted by Crippen LogP contribution is 2.38. The summed E-state index contributed by atoms with van der Waals surface area (Å²) in [4.78, 5) is 4.02. The summed E-state index contributed by atoms with van der Waals surface area (Å²) in [5.41, 5.74) is -0.358. The van der Waals surface area contributed by atoms with E-state index in [1.165, 1.54) is 0 Å². The fourth-order valence-corrected chi connectivity index (χ4v) is 2.92. The summed E-state index contributed by atoms with van der Waals surface area (Å²) >= 11 is 12.2. The normalized spacial score (nSPS) is 15.8. The number of aromatic nitrogens is 2. The molecule has 0 aliphatic carbocycles. The van der Waals surface area contributed by atoms with E-state index < -0.39 is 5.60 Å². The quantitative estimate of drug-likeness (QED) is 0.901. The van der Waals surface area contributed by atoms with E-state index in [-0.39, 0.29) is 5.92 Å². The molecule has 0 saturated heterocycles. The fourth-order valence-electron chi connectivity index (χ4n) is 2.34. The van der Waals surface area contributed by atoms with Crippen molar-refractivity contribution in [2.75, 3.05) is 0 Å². The lowest BCUT2D eigenvalue weighted by Crippen LogP contribution is -2.38. The van der Waals surface area contributed by atoms with Gasteiger partial charge in [-0.2, -0.15) is 0 Å². The Morgan fingerprint density at radius 3 is 2.70 bits per heavy atom. The van der Waals surface area contributed by atoms with Crippen molar-refractivity contribution in [3.63, 3.8) is 0 Å². The van der Waals surface area contributed by atoms with Gasteiger partial charge in [0.2, 0.25) is 0 Å². The Bertz CT molecular complexity index is 571. The molecule has 0 aliphatic heterocycles. The van der Waals surface area contributed by atoms with Crippen LogP contribution in [-0.2, 0) is 12.1 Å². The molecule has 0 bridgehead atoms. The third kappa shape index (κ3) is 3.00. The highest BCUT2D eigenvalue weighted by Gasteiger charge is 2.36. The molecular weight excluding hydrogens is 295 g/mol. The maximum absolute atomic E-state index is 11.2. The van der Waals surface area contributed by atoms with E-state index >= 15 is 0 Å². The van der Waals surface area contributed by atoms with Gasteiger partial charge in [0.05, 0.1) is 12.9 Å². The van der Waals surface area contributed by atoms with Gasteiger partial charge in [-0.1, -0.05) is 49.5 Å². The summed E-state index contributed by atoms with van der Waals surface area (Å²) < 4.78 is 1.86. The van der Waals surface area contributed by atoms with Gasteiger partial charge in [-0.05, 0) is 18.1 Å². The van der Waals surface area contributed by atoms with Crippen LogP contribution < -0.4 is 0 Å². The van der Waals surface area contributed by atoms with Crippen LogP contribution in [0.15, 0.2) is 36.9 Å². The number of aliphatic hydroxyl groups is 1. The van der Waals surface area contributed by atoms with Gasteiger partial charge < -0.3 is 9.67 Å². The van der Waals surface area contributed by atoms with Crippen molar-refractivity contribution in [2.24, 2.45) is 5.92 Å². The van der Waals surface area contributed by atoms with Crippen LogP contribution in [0.25, 0.3) is 0 Å². The molecule has 0 saturated carbocycles. The first-order chi connectivity index (χ1) is 9.47. The molecule has 20 heavy (non-hydrogen) atoms. The minimum Gasteiger partial charge on any atom is -0.383 e. The Morgan fingerprint density at radius 1 is 1.40 bits per heavy atom. The molecule has 0 radical (unpaired) electrons. The van der Waals surface area contributed by atoms with Crippen molar-refractivity contribution in [1.82, 2.24) is 9.55 Å². The van der Waals surface area contributed by atoms with Crippen molar-refractivity contribution < 1.29 is 5.11 Å². The first kappa shape index (κ1) is 15.4. The van der Waals surface area contributed by atoms with E-state index in [0.717, 1.165) is 6.42 Å². The molecule has 2 atom stereocenters. The molecule has 2 aromatic rings. The molecule has 3 nitrogen and oxygen atoms in total. The summed E-state index contributed by atoms with van der Waals surface area (Å²) in [6.45, 7) is 4.47. The zero-order valence-electron chi connectivity index (χ0n) is 11.6. The van der Waals surface area contributed by atoms with Crippen LogP contribution >= 0.6 is 23.2 Å². The van der Waals surface area contributed by atoms with Crippen LogP contribution in [0, 0.1) is 5.92 Å². The summed E-state index contributed by atoms with van der Waals surface area (Å²) in [5.74, 6) is 0.0450. The zero-order chi connectivity index (χ0) is 14.8. The topological polar surface area (TPSA) is 38.0 Å². The third-order valence-corrected chi connectivity index (χ3v) is 4.36. The number of hydrogen-bond donors (Lipinski definition) is 1. The van der Waals surface area contributed by atoms with E-state index in [9.17, 15) is 5.11 Å². The highest BCUT2D eigenvalue weighted by atomic mass is 35.5. The van der Waals surface area contributed by atoms with E-state index in [1.54, 1.807) is 30.7 Å². The lowest BCUT2D eigenvalue weighted by molar-refractivity contribution is -0.0345. The van der Waals surface area contributed by atoms with Crippen LogP contribution in [0.2, 0.25) is 10.0 Å². The highest BCUT2D eigenvalue weighted by molar-refractivity contribution is 6.35. The van der Waals surface area contributed by atoms with Gasteiger partial charge in [-0.3, -0.25) is 0 Å². The Kier molecular flexibility index (Phi) is 4.74. The Hall–Kier alpha value is -1.03. The summed E-state index contributed by atoms with van der Waals surface area (Å²) in [5, 5.41) is 12.3. The third-order valence-electron chi connectivity index (χ3n) is 3.81. The molecular formula is C15H18Cl2N2O. The predicted molar refractivity (Wildman–Crippen MR) is 82.0 cm³/mol. The number of rotatable bonds is 5.